The van der Waals surface area contributed by atoms with E-state index in [1.165, 1.54) is 0 Å². The number of nitrogens with zero attached hydrogens (tertiary/aromatic N) is 1. The number of aliphatic hydroxyl groups is 1. The molecule has 2 aromatic carbocycles. The lowest BCUT2D eigenvalue weighted by Crippen LogP contribution is -2.47. The molecule has 1 atom stereocenters. The minimum Gasteiger partial charge on any atom is -0.390 e. The van der Waals surface area contributed by atoms with Gasteiger partial charge >= 0.3 is 0 Å². The van der Waals surface area contributed by atoms with Crippen LogP contribution in [-0.2, 0) is 10.0 Å². The fourth-order valence-electron chi connectivity index (χ4n) is 3.63. The standard InChI is InChI=1S/C22H30N2O3S/c1-3-22(25)13-15-24(16-14-22)17-21(19-7-5-4-6-8-19)23-28(26,27)20-11-9-18(2)10-12-20/h4-12,21,23,25H,3,13-17H2,1-2H3. The van der Waals surface area contributed by atoms with Crippen molar-refractivity contribution < 1.29 is 13.5 Å². The summed E-state index contributed by atoms with van der Waals surface area (Å²) < 4.78 is 28.8. The summed E-state index contributed by atoms with van der Waals surface area (Å²) in [7, 11) is -3.63. The molecule has 0 amide bonds. The van der Waals surface area contributed by atoms with Gasteiger partial charge in [-0.1, -0.05) is 55.0 Å². The van der Waals surface area contributed by atoms with Gasteiger partial charge in [-0.25, -0.2) is 13.1 Å². The van der Waals surface area contributed by atoms with Crippen LogP contribution in [0.2, 0.25) is 0 Å². The predicted molar refractivity (Wildman–Crippen MR) is 112 cm³/mol. The first kappa shape index (κ1) is 21.0. The van der Waals surface area contributed by atoms with Crippen molar-refractivity contribution in [2.24, 2.45) is 0 Å². The Bertz CT molecular complexity index is 858. The summed E-state index contributed by atoms with van der Waals surface area (Å²) in [6.45, 7) is 6.05. The summed E-state index contributed by atoms with van der Waals surface area (Å²) in [6, 6.07) is 16.2. The summed E-state index contributed by atoms with van der Waals surface area (Å²) >= 11 is 0. The molecule has 1 aliphatic rings. The summed E-state index contributed by atoms with van der Waals surface area (Å²) in [6.07, 6.45) is 2.19. The maximum Gasteiger partial charge on any atom is 0.241 e. The molecule has 1 unspecified atom stereocenters. The van der Waals surface area contributed by atoms with Gasteiger partial charge in [-0.3, -0.25) is 0 Å². The zero-order valence-electron chi connectivity index (χ0n) is 16.6. The largest absolute Gasteiger partial charge is 0.390 e. The smallest absolute Gasteiger partial charge is 0.241 e. The van der Waals surface area contributed by atoms with Gasteiger partial charge in [0.15, 0.2) is 0 Å². The zero-order valence-corrected chi connectivity index (χ0v) is 17.5. The van der Waals surface area contributed by atoms with Crippen LogP contribution in [0.1, 0.15) is 43.4 Å². The summed E-state index contributed by atoms with van der Waals surface area (Å²) in [5.41, 5.74) is 1.38. The number of piperidine rings is 1. The van der Waals surface area contributed by atoms with Gasteiger partial charge in [-0.2, -0.15) is 0 Å². The zero-order chi connectivity index (χ0) is 20.2. The highest BCUT2D eigenvalue weighted by Gasteiger charge is 2.32. The first-order valence-electron chi connectivity index (χ1n) is 9.90. The van der Waals surface area contributed by atoms with Gasteiger partial charge in [0.05, 0.1) is 16.5 Å². The highest BCUT2D eigenvalue weighted by atomic mass is 32.2. The Labute approximate surface area is 168 Å². The van der Waals surface area contributed by atoms with E-state index in [4.69, 9.17) is 0 Å². The SMILES string of the molecule is CCC1(O)CCN(CC(NS(=O)(=O)c2ccc(C)cc2)c2ccccc2)CC1. The minimum absolute atomic E-state index is 0.276. The summed E-state index contributed by atoms with van der Waals surface area (Å²) in [5.74, 6) is 0. The van der Waals surface area contributed by atoms with Gasteiger partial charge in [-0.15, -0.1) is 0 Å². The van der Waals surface area contributed by atoms with E-state index in [9.17, 15) is 13.5 Å². The van der Waals surface area contributed by atoms with Gasteiger partial charge in [0, 0.05) is 19.6 Å². The monoisotopic (exact) mass is 402 g/mol. The molecule has 0 bridgehead atoms. The molecule has 0 aromatic heterocycles. The number of aryl methyl sites for hydroxylation is 1. The third-order valence-corrected chi connectivity index (χ3v) is 7.20. The van der Waals surface area contributed by atoms with Crippen LogP contribution >= 0.6 is 0 Å². The maximum atomic E-state index is 12.9. The van der Waals surface area contributed by atoms with Gasteiger partial charge < -0.3 is 10.0 Å². The quantitative estimate of drug-likeness (QED) is 0.746. The van der Waals surface area contributed by atoms with Crippen molar-refractivity contribution in [3.63, 3.8) is 0 Å². The van der Waals surface area contributed by atoms with E-state index < -0.39 is 15.6 Å². The Morgan fingerprint density at radius 1 is 1.07 bits per heavy atom. The molecule has 6 heteroatoms. The molecule has 2 aromatic rings. The van der Waals surface area contributed by atoms with Crippen LogP contribution < -0.4 is 4.72 Å². The molecule has 152 valence electrons. The number of likely N-dealkylation sites (tertiary alicyclic amines) is 1. The highest BCUT2D eigenvalue weighted by molar-refractivity contribution is 7.89. The Balaban J connectivity index is 1.78. The van der Waals surface area contributed by atoms with Crippen LogP contribution in [0, 0.1) is 6.92 Å². The van der Waals surface area contributed by atoms with Crippen LogP contribution in [0.3, 0.4) is 0 Å². The molecule has 0 radical (unpaired) electrons. The van der Waals surface area contributed by atoms with E-state index in [1.54, 1.807) is 12.1 Å². The lowest BCUT2D eigenvalue weighted by Gasteiger charge is -2.39. The Hall–Kier alpha value is -1.73. The van der Waals surface area contributed by atoms with Crippen molar-refractivity contribution in [3.05, 3.63) is 65.7 Å². The molecule has 1 aliphatic heterocycles. The average molecular weight is 403 g/mol. The first-order valence-corrected chi connectivity index (χ1v) is 11.4. The van der Waals surface area contributed by atoms with Crippen LogP contribution in [0.25, 0.3) is 0 Å². The number of nitrogens with one attached hydrogen (secondary N) is 1. The number of hydrogen-bond donors (Lipinski definition) is 2. The third kappa shape index (κ3) is 5.20. The van der Waals surface area contributed by atoms with Gasteiger partial charge in [-0.05, 0) is 43.9 Å². The third-order valence-electron chi connectivity index (χ3n) is 5.72. The van der Waals surface area contributed by atoms with Crippen molar-refractivity contribution >= 4 is 10.0 Å². The Morgan fingerprint density at radius 3 is 2.25 bits per heavy atom. The molecular weight excluding hydrogens is 372 g/mol. The molecule has 1 saturated heterocycles. The topological polar surface area (TPSA) is 69.6 Å². The molecule has 0 saturated carbocycles. The second-order valence-corrected chi connectivity index (χ2v) is 9.49. The molecule has 2 N–H and O–H groups in total. The van der Waals surface area contributed by atoms with Crippen molar-refractivity contribution in [2.75, 3.05) is 19.6 Å². The second-order valence-electron chi connectivity index (χ2n) is 7.78. The molecule has 0 aliphatic carbocycles. The van der Waals surface area contributed by atoms with E-state index in [1.807, 2.05) is 56.3 Å². The van der Waals surface area contributed by atoms with Gasteiger partial charge in [0.25, 0.3) is 0 Å². The minimum atomic E-state index is -3.63. The summed E-state index contributed by atoms with van der Waals surface area (Å²) in [5, 5.41) is 10.5. The normalized spacial score (nSPS) is 18.7. The lowest BCUT2D eigenvalue weighted by atomic mass is 9.89. The first-order chi connectivity index (χ1) is 13.3. The number of rotatable bonds is 7. The fourth-order valence-corrected chi connectivity index (χ4v) is 4.85. The molecule has 3 rings (SSSR count). The summed E-state index contributed by atoms with van der Waals surface area (Å²) in [4.78, 5) is 2.51. The van der Waals surface area contributed by atoms with Crippen molar-refractivity contribution in [1.29, 1.82) is 0 Å². The van der Waals surface area contributed by atoms with Crippen molar-refractivity contribution in [3.8, 4) is 0 Å². The molecule has 1 fully saturated rings. The fraction of sp³-hybridized carbons (Fsp3) is 0.455. The molecule has 0 spiro atoms. The maximum absolute atomic E-state index is 12.9. The van der Waals surface area contributed by atoms with E-state index >= 15 is 0 Å². The number of hydrogen-bond acceptors (Lipinski definition) is 4. The second kappa shape index (κ2) is 8.74. The van der Waals surface area contributed by atoms with Crippen LogP contribution in [0.15, 0.2) is 59.5 Å². The molecule has 1 heterocycles. The Morgan fingerprint density at radius 2 is 1.68 bits per heavy atom. The average Bonchev–Trinajstić information content (AvgIpc) is 2.70. The highest BCUT2D eigenvalue weighted by Crippen LogP contribution is 2.27. The van der Waals surface area contributed by atoms with E-state index in [-0.39, 0.29) is 10.9 Å². The van der Waals surface area contributed by atoms with Crippen LogP contribution in [0.4, 0.5) is 0 Å². The molecular formula is C22H30N2O3S. The molecule has 5 nitrogen and oxygen atoms in total. The van der Waals surface area contributed by atoms with Crippen LogP contribution in [-0.4, -0.2) is 43.7 Å². The van der Waals surface area contributed by atoms with E-state index in [0.29, 0.717) is 6.54 Å². The lowest BCUT2D eigenvalue weighted by molar-refractivity contribution is -0.0251. The van der Waals surface area contributed by atoms with E-state index in [2.05, 4.69) is 9.62 Å². The van der Waals surface area contributed by atoms with Gasteiger partial charge in [0.1, 0.15) is 0 Å². The van der Waals surface area contributed by atoms with Crippen LogP contribution in [0.5, 0.6) is 0 Å². The van der Waals surface area contributed by atoms with E-state index in [0.717, 1.165) is 43.5 Å². The number of sulfonamides is 1. The van der Waals surface area contributed by atoms with Crippen molar-refractivity contribution in [2.45, 2.75) is 49.6 Å². The van der Waals surface area contributed by atoms with Gasteiger partial charge in [0.2, 0.25) is 10.0 Å². The predicted octanol–water partition coefficient (Wildman–Crippen LogP) is 3.25. The number of benzene rings is 2. The molecule has 28 heavy (non-hydrogen) atoms. The van der Waals surface area contributed by atoms with Crippen molar-refractivity contribution in [1.82, 2.24) is 9.62 Å². The Kier molecular flexibility index (Phi) is 6.55.